The third-order valence-corrected chi connectivity index (χ3v) is 24.8. The summed E-state index contributed by atoms with van der Waals surface area (Å²) in [6.07, 6.45) is 2.14. The molecule has 18 aromatic rings. The maximum absolute atomic E-state index is 11.0. The number of para-hydroxylation sites is 7. The molecule has 139 heavy (non-hydrogen) atoms. The van der Waals surface area contributed by atoms with Gasteiger partial charge in [-0.15, -0.1) is 0 Å². The van der Waals surface area contributed by atoms with Crippen molar-refractivity contribution in [2.24, 2.45) is 0 Å². The molecule has 3 aliphatic rings. The lowest BCUT2D eigenvalue weighted by atomic mass is 9.80. The van der Waals surface area contributed by atoms with Gasteiger partial charge in [-0.2, -0.15) is 0 Å². The van der Waals surface area contributed by atoms with E-state index < -0.39 is 7.12 Å². The number of ether oxygens (including phenoxy) is 6. The third kappa shape index (κ3) is 28.4. The van der Waals surface area contributed by atoms with Gasteiger partial charge in [0.05, 0.1) is 56.7 Å². The number of halogens is 5. The van der Waals surface area contributed by atoms with Crippen molar-refractivity contribution >= 4 is 147 Å². The minimum atomic E-state index is -1.48. The molecule has 0 unspecified atom stereocenters. The first-order valence-corrected chi connectivity index (χ1v) is 48.5. The lowest BCUT2D eigenvalue weighted by molar-refractivity contribution is -0.0443. The van der Waals surface area contributed by atoms with Crippen LogP contribution in [-0.4, -0.2) is 69.4 Å². The highest BCUT2D eigenvalue weighted by Crippen LogP contribution is 2.46. The Morgan fingerprint density at radius 3 is 0.770 bits per heavy atom. The van der Waals surface area contributed by atoms with Crippen LogP contribution in [0.25, 0.3) is 44.5 Å². The summed E-state index contributed by atoms with van der Waals surface area (Å²) in [5.74, 6) is 0. The molecule has 13 nitrogen and oxygen atoms in total. The molecule has 0 saturated carbocycles. The van der Waals surface area contributed by atoms with Crippen LogP contribution in [0.5, 0.6) is 0 Å². The Bertz CT molecular complexity index is 6630. The van der Waals surface area contributed by atoms with E-state index in [0.29, 0.717) is 61.3 Å². The quantitative estimate of drug-likeness (QED) is 0.0522. The van der Waals surface area contributed by atoms with Crippen molar-refractivity contribution in [1.82, 2.24) is 0 Å². The van der Waals surface area contributed by atoms with E-state index in [2.05, 4.69) is 299 Å². The number of hydrogen-bond donors (Lipinski definition) is 2. The van der Waals surface area contributed by atoms with E-state index >= 15 is 0 Å². The van der Waals surface area contributed by atoms with Crippen LogP contribution in [0.15, 0.2) is 487 Å². The fourth-order valence-electron chi connectivity index (χ4n) is 15.7. The molecule has 0 radical (unpaired) electrons. The first-order valence-electron chi connectivity index (χ1n) is 45.4. The molecule has 3 heterocycles. The fourth-order valence-corrected chi connectivity index (χ4v) is 17.0. The third-order valence-electron chi connectivity index (χ3n) is 22.5. The summed E-state index contributed by atoms with van der Waals surface area (Å²) in [7, 11) is -1.48. The summed E-state index contributed by atoms with van der Waals surface area (Å²) in [5.41, 5.74) is 26.3. The Labute approximate surface area is 848 Å². The van der Waals surface area contributed by atoms with Crippen LogP contribution < -0.4 is 20.2 Å². The molecule has 3 aliphatic heterocycles. The predicted octanol–water partition coefficient (Wildman–Crippen LogP) is 31.5. The van der Waals surface area contributed by atoms with E-state index in [4.69, 9.17) is 61.7 Å². The molecule has 2 N–H and O–H groups in total. The van der Waals surface area contributed by atoms with Gasteiger partial charge in [0.2, 0.25) is 0 Å². The van der Waals surface area contributed by atoms with Crippen LogP contribution in [0, 0.1) is 0 Å². The number of rotatable bonds is 21. The molecule has 0 aromatic heterocycles. The van der Waals surface area contributed by atoms with Crippen molar-refractivity contribution in [3.63, 3.8) is 0 Å². The highest BCUT2D eigenvalue weighted by Gasteiger charge is 2.25. The van der Waals surface area contributed by atoms with E-state index in [9.17, 15) is 9.59 Å². The lowest BCUT2D eigenvalue weighted by Crippen LogP contribution is -2.30. The maximum Gasteiger partial charge on any atom is 0.489 e. The molecule has 0 spiro atoms. The summed E-state index contributed by atoms with van der Waals surface area (Å²) in [6, 6.07) is 159. The maximum atomic E-state index is 11.0. The molecule has 19 heteroatoms. The zero-order valence-corrected chi connectivity index (χ0v) is 82.1. The van der Waals surface area contributed by atoms with Crippen LogP contribution in [0.4, 0.5) is 51.2 Å². The Kier molecular flexibility index (Phi) is 37.6. The zero-order chi connectivity index (χ0) is 96.1. The zero-order valence-electron chi connectivity index (χ0n) is 75.8. The number of hydrogen-bond acceptors (Lipinski definition) is 13. The van der Waals surface area contributed by atoms with Crippen LogP contribution in [0.3, 0.4) is 0 Å². The van der Waals surface area contributed by atoms with E-state index in [0.717, 1.165) is 144 Å². The van der Waals surface area contributed by atoms with Gasteiger partial charge in [0.1, 0.15) is 12.6 Å². The lowest BCUT2D eigenvalue weighted by Gasteiger charge is -2.28. The van der Waals surface area contributed by atoms with Crippen molar-refractivity contribution in [3.05, 3.63) is 536 Å². The molecule has 692 valence electrons. The van der Waals surface area contributed by atoms with Gasteiger partial charge in [-0.25, -0.2) is 0 Å². The van der Waals surface area contributed by atoms with Gasteiger partial charge in [0, 0.05) is 113 Å². The number of benzene rings is 18. The van der Waals surface area contributed by atoms with E-state index in [1.807, 2.05) is 212 Å². The fraction of sp³-hybridized carbons (Fsp3) is 0.0833. The molecular formula is C120H99BBr3Cl2N3O10. The van der Waals surface area contributed by atoms with E-state index in [1.54, 1.807) is 24.3 Å². The first kappa shape index (κ1) is 99.9. The van der Waals surface area contributed by atoms with Crippen LogP contribution in [-0.2, 0) is 34.8 Å². The van der Waals surface area contributed by atoms with Crippen LogP contribution >= 0.6 is 71.0 Å². The SMILES string of the molecule is Brc1ccc(C2OCCO2)cc1.Clc1ccccc1-c1ccc(C2OCCO2)cc1.O=Cc1ccc(-c2ccccc2N(c2ccc(Br)cc2)c2ccc(Br)cc2)cc1.O=Cc1ccc(-c2ccccc2N(c2ccccc2)c2ccccc2)cc1.OB(O)c1ccccc1Cl.c1ccc(Cc2ccccc2)cc1.c1ccc(N(c2ccccc2)c2ccccc2-c2ccc(C3OCCO3)cc2)cc1. The molecule has 0 amide bonds. The summed E-state index contributed by atoms with van der Waals surface area (Å²) in [6.45, 7) is 4.02. The summed E-state index contributed by atoms with van der Waals surface area (Å²) >= 11 is 22.2. The highest BCUT2D eigenvalue weighted by molar-refractivity contribution is 9.11. The van der Waals surface area contributed by atoms with Gasteiger partial charge in [-0.05, 0) is 179 Å². The van der Waals surface area contributed by atoms with Gasteiger partial charge < -0.3 is 53.2 Å². The number of aldehydes is 2. The summed E-state index contributed by atoms with van der Waals surface area (Å²) in [4.78, 5) is 28.8. The molecule has 0 aliphatic carbocycles. The van der Waals surface area contributed by atoms with Gasteiger partial charge >= 0.3 is 7.12 Å². The first-order chi connectivity index (χ1) is 68.3. The second-order valence-electron chi connectivity index (χ2n) is 31.9. The van der Waals surface area contributed by atoms with Gasteiger partial charge in [0.15, 0.2) is 18.9 Å². The normalized spacial score (nSPS) is 12.5. The predicted molar refractivity (Wildman–Crippen MR) is 578 cm³/mol. The minimum Gasteiger partial charge on any atom is -0.423 e. The van der Waals surface area contributed by atoms with Gasteiger partial charge in [0.25, 0.3) is 0 Å². The topological polar surface area (TPSA) is 140 Å². The van der Waals surface area contributed by atoms with Gasteiger partial charge in [-0.1, -0.05) is 405 Å². The van der Waals surface area contributed by atoms with Crippen molar-refractivity contribution in [2.75, 3.05) is 54.3 Å². The minimum absolute atomic E-state index is 0.155. The Hall–Kier alpha value is -13.5. The summed E-state index contributed by atoms with van der Waals surface area (Å²) < 4.78 is 36.0. The Morgan fingerprint density at radius 2 is 0.489 bits per heavy atom. The second kappa shape index (κ2) is 52.3. The number of carbonyl (C=O) groups excluding carboxylic acids is 2. The average Bonchev–Trinajstić information content (AvgIpc) is 1.00. The summed E-state index contributed by atoms with van der Waals surface area (Å²) in [5, 5.41) is 18.5. The van der Waals surface area contributed by atoms with Crippen molar-refractivity contribution in [3.8, 4) is 44.5 Å². The van der Waals surface area contributed by atoms with Crippen LogP contribution in [0.2, 0.25) is 10.0 Å². The molecule has 0 bridgehead atoms. The van der Waals surface area contributed by atoms with E-state index in [1.165, 1.54) is 16.7 Å². The van der Waals surface area contributed by atoms with Gasteiger partial charge in [-0.3, -0.25) is 9.59 Å². The molecule has 0 atom stereocenters. The Balaban J connectivity index is 0.000000127. The number of anilines is 9. The van der Waals surface area contributed by atoms with Crippen LogP contribution in [0.1, 0.15) is 67.4 Å². The highest BCUT2D eigenvalue weighted by atomic mass is 79.9. The molecule has 3 fully saturated rings. The molecule has 3 saturated heterocycles. The van der Waals surface area contributed by atoms with Crippen molar-refractivity contribution in [2.45, 2.75) is 25.3 Å². The number of nitrogens with zero attached hydrogens (tertiary/aromatic N) is 3. The smallest absolute Gasteiger partial charge is 0.423 e. The molecule has 18 aromatic carbocycles. The van der Waals surface area contributed by atoms with Crippen molar-refractivity contribution in [1.29, 1.82) is 0 Å². The second-order valence-corrected chi connectivity index (χ2v) is 35.4. The molecule has 21 rings (SSSR count). The van der Waals surface area contributed by atoms with E-state index in [-0.39, 0.29) is 18.9 Å². The Morgan fingerprint density at radius 1 is 0.259 bits per heavy atom. The monoisotopic (exact) mass is 2060 g/mol. The standard InChI is InChI=1S/C27H23NO2.C25H17Br2NO.C25H19NO.C15H13ClO2.C13H12.C9H9BrO2.C6H6BClO2/c1-3-9-23(10-4-1)28(24-11-5-2-6-12-24)26-14-8-7-13-25(26)21-15-17-22(18-16-21)27-29-19-20-30-27;26-20-9-13-22(14-10-20)28(23-15-11-21(27)12-16-23)25-4-2-1-3-24(25)19-7-5-18(17-29)6-8-19;27-19-20-15-17-21(18-16-20)24-13-7-8-14-25(24)26(22-9-3-1-4-10-22)23-11-5-2-6-12-23;16-14-4-2-1-3-13(14)11-5-7-12(8-6-11)15-17-9-10-18-15;1-3-7-12(8-4-1)11-13-9-5-2-6-10-13;10-8-3-1-7(2-4-8)9-11-5-6-12-9;8-6-4-2-1-3-5(6)7(9)10/h1-18,27H,19-20H2;1-17H;1-19H;1-8,15H,9-10H2;1-10H,11H2;1-4,9H,5-6H2;1-4,9-10H. The van der Waals surface area contributed by atoms with Crippen molar-refractivity contribution < 1.29 is 48.1 Å². The molecular weight excluding hydrogens is 1960 g/mol. The largest absolute Gasteiger partial charge is 0.489 e. The number of carbonyl (C=O) groups is 2. The average molecular weight is 2060 g/mol.